The van der Waals surface area contributed by atoms with Crippen molar-refractivity contribution in [1.29, 1.82) is 0 Å². The lowest BCUT2D eigenvalue weighted by Crippen LogP contribution is -2.35. The second kappa shape index (κ2) is 7.90. The Hall–Kier alpha value is -3.03. The standard InChI is InChI=1S/C18H22N4O4/c1-6-25-16(23)14-15(20-10-12(2)21-14)22(13-8-7-9-19-11-13)17(24)26-18(3,4)5/h7-11H,6H2,1-5H3. The highest BCUT2D eigenvalue weighted by Gasteiger charge is 2.31. The molecular formula is C18H22N4O4. The zero-order valence-corrected chi connectivity index (χ0v) is 15.5. The molecule has 8 nitrogen and oxygen atoms in total. The predicted molar refractivity (Wildman–Crippen MR) is 95.3 cm³/mol. The summed E-state index contributed by atoms with van der Waals surface area (Å²) < 4.78 is 10.5. The van der Waals surface area contributed by atoms with E-state index in [2.05, 4.69) is 15.0 Å². The van der Waals surface area contributed by atoms with Gasteiger partial charge in [-0.3, -0.25) is 4.98 Å². The Morgan fingerprint density at radius 1 is 1.23 bits per heavy atom. The molecule has 0 fully saturated rings. The Kier molecular flexibility index (Phi) is 5.86. The molecule has 0 unspecified atom stereocenters. The molecular weight excluding hydrogens is 336 g/mol. The van der Waals surface area contributed by atoms with E-state index in [9.17, 15) is 9.59 Å². The van der Waals surface area contributed by atoms with E-state index in [0.29, 0.717) is 11.4 Å². The van der Waals surface area contributed by atoms with Crippen molar-refractivity contribution in [1.82, 2.24) is 15.0 Å². The zero-order chi connectivity index (χ0) is 19.3. The lowest BCUT2D eigenvalue weighted by atomic mass is 10.2. The first-order valence-corrected chi connectivity index (χ1v) is 8.17. The van der Waals surface area contributed by atoms with Gasteiger partial charge in [0.05, 0.1) is 30.4 Å². The molecule has 8 heteroatoms. The SMILES string of the molecule is CCOC(=O)c1nc(C)cnc1N(C(=O)OC(C)(C)C)c1cccnc1. The highest BCUT2D eigenvalue weighted by molar-refractivity contribution is 6.02. The van der Waals surface area contributed by atoms with Gasteiger partial charge in [0.15, 0.2) is 11.5 Å². The van der Waals surface area contributed by atoms with Crippen molar-refractivity contribution in [3.8, 4) is 0 Å². The molecule has 138 valence electrons. The Bertz CT molecular complexity index is 788. The first kappa shape index (κ1) is 19.3. The van der Waals surface area contributed by atoms with Gasteiger partial charge in [0.1, 0.15) is 5.60 Å². The van der Waals surface area contributed by atoms with Gasteiger partial charge in [0.2, 0.25) is 0 Å². The Balaban J connectivity index is 2.59. The van der Waals surface area contributed by atoms with E-state index in [1.54, 1.807) is 52.9 Å². The molecule has 0 saturated carbocycles. The van der Waals surface area contributed by atoms with Crippen LogP contribution in [0.3, 0.4) is 0 Å². The van der Waals surface area contributed by atoms with Crippen LogP contribution in [-0.2, 0) is 9.47 Å². The highest BCUT2D eigenvalue weighted by atomic mass is 16.6. The number of anilines is 2. The van der Waals surface area contributed by atoms with E-state index < -0.39 is 17.7 Å². The lowest BCUT2D eigenvalue weighted by molar-refractivity contribution is 0.0519. The van der Waals surface area contributed by atoms with Crippen LogP contribution in [-0.4, -0.2) is 39.2 Å². The minimum atomic E-state index is -0.736. The van der Waals surface area contributed by atoms with Crippen LogP contribution in [0, 0.1) is 6.92 Å². The molecule has 0 atom stereocenters. The van der Waals surface area contributed by atoms with E-state index in [-0.39, 0.29) is 18.1 Å². The van der Waals surface area contributed by atoms with E-state index in [1.807, 2.05) is 0 Å². The number of carbonyl (C=O) groups is 2. The fourth-order valence-electron chi connectivity index (χ4n) is 2.08. The third kappa shape index (κ3) is 4.75. The van der Waals surface area contributed by atoms with Crippen molar-refractivity contribution >= 4 is 23.6 Å². The summed E-state index contributed by atoms with van der Waals surface area (Å²) >= 11 is 0. The molecule has 0 bridgehead atoms. The molecule has 0 N–H and O–H groups in total. The van der Waals surface area contributed by atoms with Gasteiger partial charge in [0.25, 0.3) is 0 Å². The number of esters is 1. The van der Waals surface area contributed by atoms with Gasteiger partial charge in [-0.25, -0.2) is 24.5 Å². The number of amides is 1. The molecule has 0 aliphatic carbocycles. The molecule has 2 heterocycles. The zero-order valence-electron chi connectivity index (χ0n) is 15.5. The minimum absolute atomic E-state index is 0.0244. The van der Waals surface area contributed by atoms with Gasteiger partial charge in [-0.05, 0) is 46.8 Å². The summed E-state index contributed by atoms with van der Waals surface area (Å²) in [5.41, 5.74) is 0.110. The van der Waals surface area contributed by atoms with Gasteiger partial charge < -0.3 is 9.47 Å². The van der Waals surface area contributed by atoms with Crippen LogP contribution >= 0.6 is 0 Å². The van der Waals surface area contributed by atoms with Gasteiger partial charge in [0, 0.05) is 6.20 Å². The number of rotatable bonds is 4. The van der Waals surface area contributed by atoms with E-state index >= 15 is 0 Å². The average molecular weight is 358 g/mol. The molecule has 2 rings (SSSR count). The quantitative estimate of drug-likeness (QED) is 0.773. The summed E-state index contributed by atoms with van der Waals surface area (Å²) in [6.45, 7) is 8.81. The van der Waals surface area contributed by atoms with Gasteiger partial charge in [-0.1, -0.05) is 0 Å². The van der Waals surface area contributed by atoms with Crippen molar-refractivity contribution in [3.63, 3.8) is 0 Å². The second-order valence-corrected chi connectivity index (χ2v) is 6.43. The average Bonchev–Trinajstić information content (AvgIpc) is 2.56. The Labute approximate surface area is 152 Å². The number of hydrogen-bond donors (Lipinski definition) is 0. The van der Waals surface area contributed by atoms with Crippen LogP contribution in [0.1, 0.15) is 43.9 Å². The maximum absolute atomic E-state index is 12.8. The third-order valence-electron chi connectivity index (χ3n) is 3.03. The number of hydrogen-bond acceptors (Lipinski definition) is 7. The number of ether oxygens (including phenoxy) is 2. The Morgan fingerprint density at radius 3 is 2.54 bits per heavy atom. The van der Waals surface area contributed by atoms with Crippen molar-refractivity contribution in [2.45, 2.75) is 40.2 Å². The summed E-state index contributed by atoms with van der Waals surface area (Å²) in [6, 6.07) is 3.33. The van der Waals surface area contributed by atoms with Crippen LogP contribution in [0.25, 0.3) is 0 Å². The topological polar surface area (TPSA) is 94.5 Å². The van der Waals surface area contributed by atoms with Crippen molar-refractivity contribution < 1.29 is 19.1 Å². The number of carbonyl (C=O) groups excluding carboxylic acids is 2. The fraction of sp³-hybridized carbons (Fsp3) is 0.389. The summed E-state index contributed by atoms with van der Waals surface area (Å²) in [7, 11) is 0. The smallest absolute Gasteiger partial charge is 0.420 e. The predicted octanol–water partition coefficient (Wildman–Crippen LogP) is 3.43. The molecule has 2 aromatic rings. The maximum atomic E-state index is 12.8. The normalized spacial score (nSPS) is 11.0. The van der Waals surface area contributed by atoms with Crippen LogP contribution in [0.5, 0.6) is 0 Å². The van der Waals surface area contributed by atoms with E-state index in [1.165, 1.54) is 12.4 Å². The minimum Gasteiger partial charge on any atom is -0.461 e. The van der Waals surface area contributed by atoms with Crippen LogP contribution in [0.2, 0.25) is 0 Å². The first-order valence-electron chi connectivity index (χ1n) is 8.17. The summed E-state index contributed by atoms with van der Waals surface area (Å²) in [5, 5.41) is 0. The number of pyridine rings is 1. The van der Waals surface area contributed by atoms with Gasteiger partial charge in [-0.2, -0.15) is 0 Å². The lowest BCUT2D eigenvalue weighted by Gasteiger charge is -2.27. The molecule has 0 aliphatic rings. The van der Waals surface area contributed by atoms with Crippen LogP contribution < -0.4 is 4.90 Å². The summed E-state index contributed by atoms with van der Waals surface area (Å²) in [4.78, 5) is 38.8. The van der Waals surface area contributed by atoms with Crippen LogP contribution in [0.4, 0.5) is 16.3 Å². The summed E-state index contributed by atoms with van der Waals surface area (Å²) in [5.74, 6) is -0.646. The monoisotopic (exact) mass is 358 g/mol. The molecule has 26 heavy (non-hydrogen) atoms. The second-order valence-electron chi connectivity index (χ2n) is 6.43. The maximum Gasteiger partial charge on any atom is 0.420 e. The highest BCUT2D eigenvalue weighted by Crippen LogP contribution is 2.28. The number of aryl methyl sites for hydroxylation is 1. The van der Waals surface area contributed by atoms with Crippen molar-refractivity contribution in [2.75, 3.05) is 11.5 Å². The summed E-state index contributed by atoms with van der Waals surface area (Å²) in [6.07, 6.45) is 3.81. The third-order valence-corrected chi connectivity index (χ3v) is 3.03. The molecule has 0 aromatic carbocycles. The largest absolute Gasteiger partial charge is 0.461 e. The molecule has 0 spiro atoms. The van der Waals surface area contributed by atoms with Gasteiger partial charge >= 0.3 is 12.1 Å². The van der Waals surface area contributed by atoms with E-state index in [0.717, 1.165) is 4.90 Å². The first-order chi connectivity index (χ1) is 12.2. The molecule has 0 saturated heterocycles. The van der Waals surface area contributed by atoms with Gasteiger partial charge in [-0.15, -0.1) is 0 Å². The van der Waals surface area contributed by atoms with Crippen molar-refractivity contribution in [3.05, 3.63) is 42.1 Å². The number of nitrogens with zero attached hydrogens (tertiary/aromatic N) is 4. The van der Waals surface area contributed by atoms with E-state index in [4.69, 9.17) is 9.47 Å². The van der Waals surface area contributed by atoms with Crippen LogP contribution in [0.15, 0.2) is 30.7 Å². The Morgan fingerprint density at radius 2 is 1.96 bits per heavy atom. The number of aromatic nitrogens is 3. The molecule has 1 amide bonds. The molecule has 2 aromatic heterocycles. The molecule has 0 radical (unpaired) electrons. The fourth-order valence-corrected chi connectivity index (χ4v) is 2.08. The van der Waals surface area contributed by atoms with Crippen molar-refractivity contribution in [2.24, 2.45) is 0 Å². The molecule has 0 aliphatic heterocycles.